The van der Waals surface area contributed by atoms with Gasteiger partial charge in [0, 0.05) is 11.1 Å². The van der Waals surface area contributed by atoms with Gasteiger partial charge in [0.2, 0.25) is 0 Å². The largest absolute Gasteiger partial charge is 0.375 e. The van der Waals surface area contributed by atoms with Gasteiger partial charge < -0.3 is 10.0 Å². The number of hydrogen-bond donors (Lipinski definition) is 1. The molecule has 1 N–H and O–H groups in total. The zero-order valence-electron chi connectivity index (χ0n) is 18.4. The van der Waals surface area contributed by atoms with E-state index < -0.39 is 29.5 Å². The maximum atomic E-state index is 13.5. The molecule has 4 rings (SSSR count). The molecule has 1 atom stereocenters. The van der Waals surface area contributed by atoms with Gasteiger partial charge in [0.05, 0.1) is 18.7 Å². The molecular weight excluding hydrogens is 405 g/mol. The fraction of sp³-hybridized carbons (Fsp3) is 0.259. The van der Waals surface area contributed by atoms with Crippen molar-refractivity contribution in [3.8, 4) is 0 Å². The Morgan fingerprint density at radius 3 is 2.44 bits per heavy atom. The van der Waals surface area contributed by atoms with Gasteiger partial charge in [-0.2, -0.15) is 0 Å². The second-order valence-corrected chi connectivity index (χ2v) is 8.72. The number of aryl methyl sites for hydroxylation is 1. The SMILES string of the molecule is Cc1ccc(C(C)C)cc1CN1C(=O)[C@](O)(CC(=O)c2ccc(F)cc2)c2ccccc21. The quantitative estimate of drug-likeness (QED) is 0.541. The van der Waals surface area contributed by atoms with E-state index in [-0.39, 0.29) is 5.56 Å². The predicted molar refractivity (Wildman–Crippen MR) is 122 cm³/mol. The molecule has 1 amide bonds. The summed E-state index contributed by atoms with van der Waals surface area (Å²) in [5.41, 5.74) is 2.52. The minimum atomic E-state index is -1.97. The lowest BCUT2D eigenvalue weighted by Crippen LogP contribution is -2.41. The van der Waals surface area contributed by atoms with E-state index in [4.69, 9.17) is 0 Å². The molecule has 0 aliphatic carbocycles. The number of anilines is 1. The molecule has 32 heavy (non-hydrogen) atoms. The highest BCUT2D eigenvalue weighted by molar-refractivity contribution is 6.10. The van der Waals surface area contributed by atoms with Crippen molar-refractivity contribution in [2.24, 2.45) is 0 Å². The summed E-state index contributed by atoms with van der Waals surface area (Å²) < 4.78 is 13.2. The monoisotopic (exact) mass is 431 g/mol. The molecular formula is C27H26FNO3. The van der Waals surface area contributed by atoms with E-state index in [1.54, 1.807) is 23.1 Å². The van der Waals surface area contributed by atoms with Crippen molar-refractivity contribution in [3.05, 3.63) is 100 Å². The van der Waals surface area contributed by atoms with Crippen molar-refractivity contribution >= 4 is 17.4 Å². The van der Waals surface area contributed by atoms with E-state index in [1.165, 1.54) is 29.8 Å². The molecule has 1 aliphatic heterocycles. The topological polar surface area (TPSA) is 57.6 Å². The summed E-state index contributed by atoms with van der Waals surface area (Å²) >= 11 is 0. The molecule has 4 nitrogen and oxygen atoms in total. The fourth-order valence-electron chi connectivity index (χ4n) is 4.20. The van der Waals surface area contributed by atoms with Crippen molar-refractivity contribution < 1.29 is 19.1 Å². The Labute approximate surface area is 187 Å². The van der Waals surface area contributed by atoms with Gasteiger partial charge >= 0.3 is 0 Å². The highest BCUT2D eigenvalue weighted by Crippen LogP contribution is 2.43. The van der Waals surface area contributed by atoms with Crippen LogP contribution in [0.5, 0.6) is 0 Å². The lowest BCUT2D eigenvalue weighted by atomic mass is 9.88. The second kappa shape index (κ2) is 8.32. The summed E-state index contributed by atoms with van der Waals surface area (Å²) in [7, 11) is 0. The van der Waals surface area contributed by atoms with Crippen LogP contribution >= 0.6 is 0 Å². The van der Waals surface area contributed by atoms with Crippen LogP contribution in [0.2, 0.25) is 0 Å². The third kappa shape index (κ3) is 3.84. The number of halogens is 1. The van der Waals surface area contributed by atoms with Crippen molar-refractivity contribution in [3.63, 3.8) is 0 Å². The highest BCUT2D eigenvalue weighted by Gasteiger charge is 2.50. The Morgan fingerprint density at radius 2 is 1.75 bits per heavy atom. The van der Waals surface area contributed by atoms with Crippen molar-refractivity contribution in [2.75, 3.05) is 4.90 Å². The third-order valence-electron chi connectivity index (χ3n) is 6.19. The molecule has 1 aliphatic rings. The molecule has 0 radical (unpaired) electrons. The first-order valence-electron chi connectivity index (χ1n) is 10.7. The number of nitrogens with zero attached hydrogens (tertiary/aromatic N) is 1. The van der Waals surface area contributed by atoms with Crippen LogP contribution in [0.15, 0.2) is 66.7 Å². The number of aliphatic hydroxyl groups is 1. The number of ketones is 1. The molecule has 1 heterocycles. The maximum Gasteiger partial charge on any atom is 0.264 e. The minimum absolute atomic E-state index is 0.254. The van der Waals surface area contributed by atoms with Crippen LogP contribution in [0.1, 0.15) is 58.8 Å². The number of amides is 1. The Balaban J connectivity index is 1.69. The maximum absolute atomic E-state index is 13.5. The number of hydrogen-bond acceptors (Lipinski definition) is 3. The molecule has 0 aromatic heterocycles. The summed E-state index contributed by atoms with van der Waals surface area (Å²) in [5.74, 6) is -1.05. The molecule has 0 bridgehead atoms. The summed E-state index contributed by atoms with van der Waals surface area (Å²) in [6.45, 7) is 6.53. The fourth-order valence-corrected chi connectivity index (χ4v) is 4.20. The number of carbonyl (C=O) groups excluding carboxylic acids is 2. The number of Topliss-reactive ketones (excluding diaryl/α,β-unsaturated/α-hetero) is 1. The van der Waals surface area contributed by atoms with Gasteiger partial charge in [-0.05, 0) is 59.9 Å². The molecule has 5 heteroatoms. The molecule has 3 aromatic rings. The summed E-state index contributed by atoms with van der Waals surface area (Å²) in [6.07, 6.45) is -0.407. The van der Waals surface area contributed by atoms with E-state index in [9.17, 15) is 19.1 Å². The van der Waals surface area contributed by atoms with Crippen LogP contribution in [-0.4, -0.2) is 16.8 Å². The molecule has 0 saturated carbocycles. The zero-order valence-corrected chi connectivity index (χ0v) is 18.4. The number of fused-ring (bicyclic) bond motifs is 1. The molecule has 0 fully saturated rings. The number of rotatable bonds is 6. The minimum Gasteiger partial charge on any atom is -0.375 e. The second-order valence-electron chi connectivity index (χ2n) is 8.72. The van der Waals surface area contributed by atoms with Crippen molar-refractivity contribution in [2.45, 2.75) is 45.3 Å². The average Bonchev–Trinajstić information content (AvgIpc) is 2.97. The Kier molecular flexibility index (Phi) is 5.70. The first-order chi connectivity index (χ1) is 15.2. The van der Waals surface area contributed by atoms with Gasteiger partial charge in [-0.25, -0.2) is 4.39 Å². The van der Waals surface area contributed by atoms with Gasteiger partial charge in [0.1, 0.15) is 5.82 Å². The normalized spacial score (nSPS) is 17.7. The van der Waals surface area contributed by atoms with Gasteiger partial charge in [-0.15, -0.1) is 0 Å². The first-order valence-corrected chi connectivity index (χ1v) is 10.7. The van der Waals surface area contributed by atoms with Crippen LogP contribution in [0, 0.1) is 12.7 Å². The third-order valence-corrected chi connectivity index (χ3v) is 6.19. The zero-order chi connectivity index (χ0) is 23.0. The van der Waals surface area contributed by atoms with Crippen LogP contribution in [0.4, 0.5) is 10.1 Å². The molecule has 0 saturated heterocycles. The number of benzene rings is 3. The van der Waals surface area contributed by atoms with Crippen LogP contribution in [0.3, 0.4) is 0 Å². The summed E-state index contributed by atoms with van der Waals surface area (Å²) in [6, 6.07) is 18.4. The van der Waals surface area contributed by atoms with Crippen molar-refractivity contribution in [1.82, 2.24) is 0 Å². The van der Waals surface area contributed by atoms with Crippen molar-refractivity contribution in [1.29, 1.82) is 0 Å². The van der Waals surface area contributed by atoms with E-state index in [2.05, 4.69) is 26.0 Å². The van der Waals surface area contributed by atoms with Crippen LogP contribution in [-0.2, 0) is 16.9 Å². The lowest BCUT2D eigenvalue weighted by molar-refractivity contribution is -0.136. The molecule has 164 valence electrons. The highest BCUT2D eigenvalue weighted by atomic mass is 19.1. The smallest absolute Gasteiger partial charge is 0.264 e. The van der Waals surface area contributed by atoms with Crippen LogP contribution < -0.4 is 4.90 Å². The van der Waals surface area contributed by atoms with E-state index in [1.807, 2.05) is 19.1 Å². The van der Waals surface area contributed by atoms with E-state index in [0.717, 1.165) is 11.1 Å². The summed E-state index contributed by atoms with van der Waals surface area (Å²) in [5, 5.41) is 11.5. The van der Waals surface area contributed by atoms with Gasteiger partial charge in [0.15, 0.2) is 11.4 Å². The molecule has 3 aromatic carbocycles. The van der Waals surface area contributed by atoms with Gasteiger partial charge in [-0.1, -0.05) is 50.2 Å². The Morgan fingerprint density at radius 1 is 1.06 bits per heavy atom. The first kappa shape index (κ1) is 21.9. The van der Waals surface area contributed by atoms with Crippen LogP contribution in [0.25, 0.3) is 0 Å². The van der Waals surface area contributed by atoms with Gasteiger partial charge in [-0.3, -0.25) is 9.59 Å². The van der Waals surface area contributed by atoms with E-state index >= 15 is 0 Å². The van der Waals surface area contributed by atoms with Gasteiger partial charge in [0.25, 0.3) is 5.91 Å². The Hall–Kier alpha value is -3.31. The Bertz CT molecular complexity index is 1190. The number of carbonyl (C=O) groups is 2. The molecule has 0 unspecified atom stereocenters. The number of para-hydroxylation sites is 1. The standard InChI is InChI=1S/C27H26FNO3/c1-17(2)20-9-8-18(3)21(14-20)16-29-24-7-5-4-6-23(24)27(32,26(29)31)15-25(30)19-10-12-22(28)13-11-19/h4-14,17,32H,15-16H2,1-3H3/t27-/m0/s1. The molecule has 0 spiro atoms. The average molecular weight is 432 g/mol. The predicted octanol–water partition coefficient (Wildman–Crippen LogP) is 5.26. The summed E-state index contributed by atoms with van der Waals surface area (Å²) in [4.78, 5) is 27.9. The lowest BCUT2D eigenvalue weighted by Gasteiger charge is -2.24. The van der Waals surface area contributed by atoms with E-state index in [0.29, 0.717) is 23.7 Å².